The maximum absolute atomic E-state index is 12.3. The molecule has 7 nitrogen and oxygen atoms in total. The van der Waals surface area contributed by atoms with Gasteiger partial charge in [0.1, 0.15) is 0 Å². The number of rotatable bonds is 8. The van der Waals surface area contributed by atoms with Crippen LogP contribution in [0.5, 0.6) is 0 Å². The highest BCUT2D eigenvalue weighted by Crippen LogP contribution is 2.28. The summed E-state index contributed by atoms with van der Waals surface area (Å²) in [5.41, 5.74) is -0.103. The van der Waals surface area contributed by atoms with E-state index in [0.29, 0.717) is 13.2 Å². The van der Waals surface area contributed by atoms with E-state index in [1.54, 1.807) is 32.2 Å². The lowest BCUT2D eigenvalue weighted by Gasteiger charge is -2.37. The molecule has 9 heteroatoms. The van der Waals surface area contributed by atoms with Crippen LogP contribution >= 0.6 is 12.4 Å². The molecule has 1 aromatic rings. The first-order valence-corrected chi connectivity index (χ1v) is 9.92. The van der Waals surface area contributed by atoms with Crippen molar-refractivity contribution in [1.82, 2.24) is 15.4 Å². The lowest BCUT2D eigenvalue weighted by atomic mass is 9.79. The number of ether oxygens (including phenoxy) is 1. The summed E-state index contributed by atoms with van der Waals surface area (Å²) in [6.07, 6.45) is 1.82. The number of hydrogen-bond donors (Lipinski definition) is 3. The van der Waals surface area contributed by atoms with E-state index in [1.807, 2.05) is 0 Å². The lowest BCUT2D eigenvalue weighted by molar-refractivity contribution is -0.123. The smallest absolute Gasteiger partial charge is 0.241 e. The van der Waals surface area contributed by atoms with E-state index in [4.69, 9.17) is 4.74 Å². The molecule has 3 N–H and O–H groups in total. The van der Waals surface area contributed by atoms with E-state index in [2.05, 4.69) is 15.4 Å². The molecule has 1 heterocycles. The van der Waals surface area contributed by atoms with Gasteiger partial charge in [0.25, 0.3) is 0 Å². The van der Waals surface area contributed by atoms with Crippen molar-refractivity contribution < 1.29 is 17.9 Å². The zero-order chi connectivity index (χ0) is 18.3. The molecule has 0 saturated carbocycles. The minimum atomic E-state index is -3.72. The molecule has 26 heavy (non-hydrogen) atoms. The zero-order valence-corrected chi connectivity index (χ0v) is 16.8. The van der Waals surface area contributed by atoms with Crippen molar-refractivity contribution in [3.8, 4) is 0 Å². The average Bonchev–Trinajstić information content (AvgIpc) is 2.61. The number of piperidine rings is 1. The molecule has 0 spiro atoms. The van der Waals surface area contributed by atoms with Crippen LogP contribution in [-0.4, -0.2) is 53.7 Å². The molecule has 2 rings (SSSR count). The number of sulfonamides is 1. The lowest BCUT2D eigenvalue weighted by Crippen LogP contribution is -2.51. The molecular formula is C17H28ClN3O4S. The van der Waals surface area contributed by atoms with Gasteiger partial charge in [-0.1, -0.05) is 18.2 Å². The second-order valence-corrected chi connectivity index (χ2v) is 8.27. The van der Waals surface area contributed by atoms with Crippen LogP contribution in [0.25, 0.3) is 0 Å². The average molecular weight is 406 g/mol. The number of amides is 1. The Morgan fingerprint density at radius 1 is 1.27 bits per heavy atom. The van der Waals surface area contributed by atoms with Gasteiger partial charge in [0.05, 0.1) is 17.5 Å². The summed E-state index contributed by atoms with van der Waals surface area (Å²) in [5.74, 6) is -0.339. The van der Waals surface area contributed by atoms with Gasteiger partial charge in [-0.25, -0.2) is 8.42 Å². The summed E-state index contributed by atoms with van der Waals surface area (Å²) in [7, 11) is -2.06. The van der Waals surface area contributed by atoms with Crippen LogP contribution in [0.2, 0.25) is 0 Å². The molecule has 0 aliphatic carbocycles. The first-order valence-electron chi connectivity index (χ1n) is 8.43. The summed E-state index contributed by atoms with van der Waals surface area (Å²) in [6, 6.07) is 7.16. The normalized spacial score (nSPS) is 17.8. The van der Waals surface area contributed by atoms with E-state index in [-0.39, 0.29) is 28.6 Å². The Morgan fingerprint density at radius 2 is 1.88 bits per heavy atom. The summed E-state index contributed by atoms with van der Waals surface area (Å²) in [4.78, 5) is 12.5. The molecule has 1 aliphatic rings. The first kappa shape index (κ1) is 22.9. The second-order valence-electron chi connectivity index (χ2n) is 6.56. The molecule has 0 bridgehead atoms. The Morgan fingerprint density at radius 3 is 2.46 bits per heavy atom. The van der Waals surface area contributed by atoms with Crippen LogP contribution in [0.3, 0.4) is 0 Å². The fraction of sp³-hybridized carbons (Fsp3) is 0.588. The molecular weight excluding hydrogens is 378 g/mol. The van der Waals surface area contributed by atoms with Gasteiger partial charge in [0.15, 0.2) is 0 Å². The van der Waals surface area contributed by atoms with Crippen LogP contribution in [0.4, 0.5) is 0 Å². The Hall–Kier alpha value is -1.19. The highest BCUT2D eigenvalue weighted by atomic mass is 35.5. The van der Waals surface area contributed by atoms with Crippen LogP contribution in [0, 0.1) is 5.41 Å². The predicted octanol–water partition coefficient (Wildman–Crippen LogP) is 0.908. The van der Waals surface area contributed by atoms with E-state index < -0.39 is 16.1 Å². The largest absolute Gasteiger partial charge is 0.384 e. The Bertz CT molecular complexity index is 658. The molecule has 1 amide bonds. The van der Waals surface area contributed by atoms with Crippen LogP contribution < -0.4 is 15.4 Å². The van der Waals surface area contributed by atoms with Gasteiger partial charge in [0, 0.05) is 19.1 Å². The second kappa shape index (κ2) is 10.2. The third-order valence-electron chi connectivity index (χ3n) is 4.53. The minimum Gasteiger partial charge on any atom is -0.384 e. The number of hydrogen-bond acceptors (Lipinski definition) is 5. The molecule has 0 aromatic heterocycles. The van der Waals surface area contributed by atoms with Crippen molar-refractivity contribution in [1.29, 1.82) is 0 Å². The Kier molecular flexibility index (Phi) is 8.99. The third-order valence-corrected chi connectivity index (χ3v) is 6.09. The fourth-order valence-corrected chi connectivity index (χ4v) is 4.24. The highest BCUT2D eigenvalue weighted by molar-refractivity contribution is 7.89. The number of carbonyl (C=O) groups is 1. The van der Waals surface area contributed by atoms with Gasteiger partial charge in [-0.2, -0.15) is 4.72 Å². The van der Waals surface area contributed by atoms with Gasteiger partial charge in [-0.05, 0) is 45.0 Å². The molecule has 1 saturated heterocycles. The van der Waals surface area contributed by atoms with Crippen molar-refractivity contribution in [3.05, 3.63) is 30.3 Å². The zero-order valence-electron chi connectivity index (χ0n) is 15.2. The first-order chi connectivity index (χ1) is 11.9. The van der Waals surface area contributed by atoms with Gasteiger partial charge in [0.2, 0.25) is 15.9 Å². The summed E-state index contributed by atoms with van der Waals surface area (Å²) < 4.78 is 32.3. The quantitative estimate of drug-likeness (QED) is 0.597. The van der Waals surface area contributed by atoms with Crippen molar-refractivity contribution in [2.45, 2.75) is 30.7 Å². The molecule has 1 fully saturated rings. The molecule has 1 aliphatic heterocycles. The van der Waals surface area contributed by atoms with E-state index in [1.165, 1.54) is 12.1 Å². The summed E-state index contributed by atoms with van der Waals surface area (Å²) in [5, 5.41) is 6.18. The topological polar surface area (TPSA) is 96.5 Å². The maximum atomic E-state index is 12.3. The number of nitrogens with one attached hydrogen (secondary N) is 3. The standard InChI is InChI=1S/C17H27N3O4S.ClH/c1-14(20-25(22,23)15-6-4-3-5-7-15)16(21)19-12-17(13-24-2)8-10-18-11-9-17;/h3-7,14,18,20H,8-13H2,1-2H3,(H,19,21);1H. The Balaban J connectivity index is 0.00000338. The highest BCUT2D eigenvalue weighted by Gasteiger charge is 2.33. The van der Waals surface area contributed by atoms with Gasteiger partial charge >= 0.3 is 0 Å². The number of halogens is 1. The monoisotopic (exact) mass is 405 g/mol. The van der Waals surface area contributed by atoms with Crippen LogP contribution in [-0.2, 0) is 19.6 Å². The molecule has 1 unspecified atom stereocenters. The molecule has 0 radical (unpaired) electrons. The Labute approximate surface area is 161 Å². The maximum Gasteiger partial charge on any atom is 0.241 e. The number of benzene rings is 1. The van der Waals surface area contributed by atoms with E-state index in [0.717, 1.165) is 25.9 Å². The van der Waals surface area contributed by atoms with E-state index in [9.17, 15) is 13.2 Å². The minimum absolute atomic E-state index is 0. The summed E-state index contributed by atoms with van der Waals surface area (Å²) in [6.45, 7) is 4.35. The molecule has 1 atom stereocenters. The van der Waals surface area contributed by atoms with Gasteiger partial charge in [-0.3, -0.25) is 4.79 Å². The van der Waals surface area contributed by atoms with Gasteiger partial charge in [-0.15, -0.1) is 12.4 Å². The number of carbonyl (C=O) groups excluding carboxylic acids is 1. The fourth-order valence-electron chi connectivity index (χ4n) is 3.02. The predicted molar refractivity (Wildman–Crippen MR) is 103 cm³/mol. The number of methoxy groups -OCH3 is 1. The SMILES string of the molecule is COCC1(CNC(=O)C(C)NS(=O)(=O)c2ccccc2)CCNCC1.Cl. The molecule has 1 aromatic carbocycles. The van der Waals surface area contributed by atoms with Crippen molar-refractivity contribution >= 4 is 28.3 Å². The third kappa shape index (κ3) is 6.21. The van der Waals surface area contributed by atoms with Crippen LogP contribution in [0.15, 0.2) is 35.2 Å². The molecule has 148 valence electrons. The van der Waals surface area contributed by atoms with Crippen LogP contribution in [0.1, 0.15) is 19.8 Å². The van der Waals surface area contributed by atoms with Crippen molar-refractivity contribution in [3.63, 3.8) is 0 Å². The summed E-state index contributed by atoms with van der Waals surface area (Å²) >= 11 is 0. The van der Waals surface area contributed by atoms with Gasteiger partial charge < -0.3 is 15.4 Å². The van der Waals surface area contributed by atoms with Crippen molar-refractivity contribution in [2.75, 3.05) is 33.4 Å². The van der Waals surface area contributed by atoms with Crippen molar-refractivity contribution in [2.24, 2.45) is 5.41 Å². The van der Waals surface area contributed by atoms with E-state index >= 15 is 0 Å².